The van der Waals surface area contributed by atoms with E-state index in [1.54, 1.807) is 11.3 Å². The van der Waals surface area contributed by atoms with Crippen molar-refractivity contribution in [3.05, 3.63) is 64.1 Å². The first-order chi connectivity index (χ1) is 12.3. The van der Waals surface area contributed by atoms with Gasteiger partial charge in [-0.25, -0.2) is 4.98 Å². The molecule has 0 fully saturated rings. The molecule has 124 valence electrons. The largest absolute Gasteiger partial charge is 0.358 e. The molecule has 1 amide bonds. The minimum absolute atomic E-state index is 0.0231. The molecule has 5 rings (SSSR count). The molecule has 0 aliphatic carbocycles. The number of para-hydroxylation sites is 1. The number of hydrogen-bond acceptors (Lipinski definition) is 4. The monoisotopic (exact) mass is 365 g/mol. The molecule has 6 heteroatoms. The van der Waals surface area contributed by atoms with Crippen molar-refractivity contribution in [3.8, 4) is 9.88 Å². The summed E-state index contributed by atoms with van der Waals surface area (Å²) in [4.78, 5) is 24.0. The molecule has 0 spiro atoms. The van der Waals surface area contributed by atoms with E-state index in [4.69, 9.17) is 0 Å². The molecule has 0 atom stereocenters. The van der Waals surface area contributed by atoms with Crippen LogP contribution in [0, 0.1) is 0 Å². The van der Waals surface area contributed by atoms with E-state index in [1.165, 1.54) is 28.0 Å². The van der Waals surface area contributed by atoms with E-state index >= 15 is 0 Å². The minimum Gasteiger partial charge on any atom is -0.358 e. The zero-order chi connectivity index (χ0) is 16.8. The summed E-state index contributed by atoms with van der Waals surface area (Å²) in [5.74, 6) is 0.0231. The van der Waals surface area contributed by atoms with Crippen LogP contribution >= 0.6 is 22.7 Å². The summed E-state index contributed by atoms with van der Waals surface area (Å²) in [5, 5.41) is 6.04. The fourth-order valence-corrected chi connectivity index (χ4v) is 5.00. The number of benzene rings is 1. The SMILES string of the molecule is O=C(c1csc(-c2cccs2)n1)N1CCc2[nH]c3ccccc3c2C1. The number of aromatic amines is 1. The van der Waals surface area contributed by atoms with Gasteiger partial charge in [-0.3, -0.25) is 4.79 Å². The average molecular weight is 365 g/mol. The Morgan fingerprint density at radius 2 is 2.08 bits per heavy atom. The average Bonchev–Trinajstić information content (AvgIpc) is 3.38. The van der Waals surface area contributed by atoms with E-state index in [9.17, 15) is 4.79 Å². The molecule has 4 heterocycles. The number of H-pyrrole nitrogens is 1. The summed E-state index contributed by atoms with van der Waals surface area (Å²) in [6.45, 7) is 1.37. The first kappa shape index (κ1) is 14.9. The first-order valence-electron chi connectivity index (χ1n) is 8.17. The number of amides is 1. The molecule has 25 heavy (non-hydrogen) atoms. The highest BCUT2D eigenvalue weighted by Gasteiger charge is 2.26. The van der Waals surface area contributed by atoms with Gasteiger partial charge in [-0.05, 0) is 17.5 Å². The van der Waals surface area contributed by atoms with Crippen molar-refractivity contribution in [1.29, 1.82) is 0 Å². The quantitative estimate of drug-likeness (QED) is 0.566. The van der Waals surface area contributed by atoms with Crippen LogP contribution in [0.15, 0.2) is 47.2 Å². The Morgan fingerprint density at radius 3 is 2.96 bits per heavy atom. The van der Waals surface area contributed by atoms with Gasteiger partial charge in [-0.2, -0.15) is 0 Å². The Hall–Kier alpha value is -2.44. The van der Waals surface area contributed by atoms with Crippen LogP contribution in [0.3, 0.4) is 0 Å². The number of nitrogens with one attached hydrogen (secondary N) is 1. The normalized spacial score (nSPS) is 14.0. The van der Waals surface area contributed by atoms with Gasteiger partial charge in [-0.1, -0.05) is 24.3 Å². The lowest BCUT2D eigenvalue weighted by Crippen LogP contribution is -2.36. The van der Waals surface area contributed by atoms with Crippen molar-refractivity contribution in [2.24, 2.45) is 0 Å². The number of nitrogens with zero attached hydrogens (tertiary/aromatic N) is 2. The van der Waals surface area contributed by atoms with Gasteiger partial charge in [0.15, 0.2) is 0 Å². The fraction of sp³-hybridized carbons (Fsp3) is 0.158. The van der Waals surface area contributed by atoms with Gasteiger partial charge in [0.2, 0.25) is 0 Å². The van der Waals surface area contributed by atoms with Crippen molar-refractivity contribution in [3.63, 3.8) is 0 Å². The number of carbonyl (C=O) groups excluding carboxylic acids is 1. The summed E-state index contributed by atoms with van der Waals surface area (Å²) >= 11 is 3.18. The third kappa shape index (κ3) is 2.49. The van der Waals surface area contributed by atoms with Crippen molar-refractivity contribution in [1.82, 2.24) is 14.9 Å². The maximum atomic E-state index is 12.9. The topological polar surface area (TPSA) is 49.0 Å². The van der Waals surface area contributed by atoms with Crippen molar-refractivity contribution in [2.75, 3.05) is 6.54 Å². The molecule has 4 aromatic rings. The molecule has 1 N–H and O–H groups in total. The van der Waals surface area contributed by atoms with Gasteiger partial charge in [0.05, 0.1) is 4.88 Å². The molecule has 0 unspecified atom stereocenters. The Morgan fingerprint density at radius 1 is 1.16 bits per heavy atom. The van der Waals surface area contributed by atoms with Gasteiger partial charge >= 0.3 is 0 Å². The highest BCUT2D eigenvalue weighted by atomic mass is 32.1. The molecule has 1 aromatic carbocycles. The van der Waals surface area contributed by atoms with Crippen LogP contribution in [0.25, 0.3) is 20.8 Å². The van der Waals surface area contributed by atoms with Gasteiger partial charge in [0.25, 0.3) is 5.91 Å². The second-order valence-electron chi connectivity index (χ2n) is 6.12. The summed E-state index contributed by atoms with van der Waals surface area (Å²) in [6.07, 6.45) is 0.859. The van der Waals surface area contributed by atoms with Crippen LogP contribution in [-0.2, 0) is 13.0 Å². The second-order valence-corrected chi connectivity index (χ2v) is 7.93. The lowest BCUT2D eigenvalue weighted by Gasteiger charge is -2.26. The smallest absolute Gasteiger partial charge is 0.273 e. The van der Waals surface area contributed by atoms with Gasteiger partial charge < -0.3 is 9.88 Å². The number of carbonyl (C=O) groups is 1. The summed E-state index contributed by atoms with van der Waals surface area (Å²) in [7, 11) is 0. The van der Waals surface area contributed by atoms with Crippen LogP contribution in [0.1, 0.15) is 21.7 Å². The molecule has 0 saturated carbocycles. The zero-order valence-electron chi connectivity index (χ0n) is 13.4. The number of thiazole rings is 1. The lowest BCUT2D eigenvalue weighted by molar-refractivity contribution is 0.0730. The third-order valence-corrected chi connectivity index (χ3v) is 6.51. The fourth-order valence-electron chi connectivity index (χ4n) is 3.39. The van der Waals surface area contributed by atoms with E-state index in [0.29, 0.717) is 12.2 Å². The predicted octanol–water partition coefficient (Wildman–Crippen LogP) is 4.55. The Bertz CT molecular complexity index is 1060. The second kappa shape index (κ2) is 5.82. The van der Waals surface area contributed by atoms with Crippen LogP contribution in [0.4, 0.5) is 0 Å². The highest BCUT2D eigenvalue weighted by molar-refractivity contribution is 7.20. The molecule has 4 nitrogen and oxygen atoms in total. The summed E-state index contributed by atoms with van der Waals surface area (Å²) in [5.41, 5.74) is 4.19. The molecule has 0 saturated heterocycles. The minimum atomic E-state index is 0.0231. The molecular formula is C19H15N3OS2. The molecular weight excluding hydrogens is 350 g/mol. The molecule has 0 bridgehead atoms. The van der Waals surface area contributed by atoms with Crippen molar-refractivity contribution in [2.45, 2.75) is 13.0 Å². The van der Waals surface area contributed by atoms with Gasteiger partial charge in [-0.15, -0.1) is 22.7 Å². The molecule has 1 aliphatic heterocycles. The first-order valence-corrected chi connectivity index (χ1v) is 9.92. The Balaban J connectivity index is 1.44. The van der Waals surface area contributed by atoms with E-state index in [1.807, 2.05) is 39.9 Å². The maximum Gasteiger partial charge on any atom is 0.273 e. The van der Waals surface area contributed by atoms with E-state index < -0.39 is 0 Å². The maximum absolute atomic E-state index is 12.9. The molecule has 3 aromatic heterocycles. The van der Waals surface area contributed by atoms with E-state index in [-0.39, 0.29) is 5.91 Å². The zero-order valence-corrected chi connectivity index (χ0v) is 15.0. The van der Waals surface area contributed by atoms with Crippen LogP contribution in [0.5, 0.6) is 0 Å². The predicted molar refractivity (Wildman–Crippen MR) is 102 cm³/mol. The highest BCUT2D eigenvalue weighted by Crippen LogP contribution is 2.30. The van der Waals surface area contributed by atoms with Crippen LogP contribution in [-0.4, -0.2) is 27.3 Å². The van der Waals surface area contributed by atoms with Crippen LogP contribution < -0.4 is 0 Å². The number of hydrogen-bond donors (Lipinski definition) is 1. The number of rotatable bonds is 2. The van der Waals surface area contributed by atoms with Gasteiger partial charge in [0.1, 0.15) is 10.7 Å². The third-order valence-electron chi connectivity index (χ3n) is 4.63. The number of fused-ring (bicyclic) bond motifs is 3. The Labute approximate surface area is 152 Å². The van der Waals surface area contributed by atoms with E-state index in [0.717, 1.165) is 28.4 Å². The van der Waals surface area contributed by atoms with Crippen LogP contribution in [0.2, 0.25) is 0 Å². The van der Waals surface area contributed by atoms with E-state index in [2.05, 4.69) is 22.1 Å². The standard InChI is InChI=1S/C19H15N3OS2/c23-19(16-11-25-18(21-16)17-6-3-9-24-17)22-8-7-15-13(10-22)12-4-1-2-5-14(12)20-15/h1-6,9,11,20H,7-8,10H2. The number of thiophene rings is 1. The van der Waals surface area contributed by atoms with Crippen molar-refractivity contribution >= 4 is 39.5 Å². The number of aromatic nitrogens is 2. The molecule has 1 aliphatic rings. The summed E-state index contributed by atoms with van der Waals surface area (Å²) < 4.78 is 0. The lowest BCUT2D eigenvalue weighted by atomic mass is 10.0. The van der Waals surface area contributed by atoms with Gasteiger partial charge in [0, 0.05) is 47.1 Å². The molecule has 0 radical (unpaired) electrons. The van der Waals surface area contributed by atoms with Crippen molar-refractivity contribution < 1.29 is 4.79 Å². The summed E-state index contributed by atoms with van der Waals surface area (Å²) in [6, 6.07) is 12.3. The Kier molecular flexibility index (Phi) is 3.46.